The maximum absolute atomic E-state index is 9.21. The summed E-state index contributed by atoms with van der Waals surface area (Å²) < 4.78 is 0. The highest BCUT2D eigenvalue weighted by Crippen LogP contribution is 2.08. The van der Waals surface area contributed by atoms with Gasteiger partial charge in [-0.25, -0.2) is 0 Å². The molecule has 1 nitrogen and oxygen atoms in total. The SMILES string of the molecule is C/C(=C\c1ccccc1)[C@H](C)O. The molecule has 1 N–H and O–H groups in total. The number of hydrogen-bond acceptors (Lipinski definition) is 1. The largest absolute Gasteiger partial charge is 0.389 e. The van der Waals surface area contributed by atoms with Gasteiger partial charge < -0.3 is 5.11 Å². The highest BCUT2D eigenvalue weighted by Gasteiger charge is 1.96. The lowest BCUT2D eigenvalue weighted by Crippen LogP contribution is -1.99. The molecule has 0 saturated heterocycles. The Kier molecular flexibility index (Phi) is 3.06. The topological polar surface area (TPSA) is 20.2 Å². The minimum atomic E-state index is -0.356. The second kappa shape index (κ2) is 4.07. The lowest BCUT2D eigenvalue weighted by atomic mass is 10.1. The summed E-state index contributed by atoms with van der Waals surface area (Å²) in [5, 5.41) is 9.21. The molecule has 0 aliphatic carbocycles. The molecule has 0 unspecified atom stereocenters. The van der Waals surface area contributed by atoms with Gasteiger partial charge in [0.15, 0.2) is 0 Å². The monoisotopic (exact) mass is 162 g/mol. The first-order valence-electron chi connectivity index (χ1n) is 4.11. The standard InChI is InChI=1S/C11H14O/c1-9(10(2)12)8-11-6-4-3-5-7-11/h3-8,10,12H,1-2H3/b9-8+/t10-/m0/s1. The maximum atomic E-state index is 9.21. The Balaban J connectivity index is 2.81. The number of hydrogen-bond donors (Lipinski definition) is 1. The van der Waals surface area contributed by atoms with E-state index >= 15 is 0 Å². The van der Waals surface area contributed by atoms with E-state index in [9.17, 15) is 5.11 Å². The first-order valence-corrected chi connectivity index (χ1v) is 4.11. The van der Waals surface area contributed by atoms with Gasteiger partial charge in [-0.2, -0.15) is 0 Å². The molecule has 0 spiro atoms. The van der Waals surface area contributed by atoms with Crippen LogP contribution in [0.1, 0.15) is 19.4 Å². The fraction of sp³-hybridized carbons (Fsp3) is 0.273. The third kappa shape index (κ3) is 2.51. The zero-order valence-corrected chi connectivity index (χ0v) is 7.49. The highest BCUT2D eigenvalue weighted by atomic mass is 16.3. The van der Waals surface area contributed by atoms with E-state index in [0.29, 0.717) is 0 Å². The molecule has 0 heterocycles. The van der Waals surface area contributed by atoms with Crippen molar-refractivity contribution < 1.29 is 5.11 Å². The van der Waals surface area contributed by atoms with E-state index < -0.39 is 0 Å². The third-order valence-electron chi connectivity index (χ3n) is 1.85. The van der Waals surface area contributed by atoms with Crippen molar-refractivity contribution in [1.82, 2.24) is 0 Å². The third-order valence-corrected chi connectivity index (χ3v) is 1.85. The van der Waals surface area contributed by atoms with Gasteiger partial charge in [-0.15, -0.1) is 0 Å². The van der Waals surface area contributed by atoms with E-state index in [2.05, 4.69) is 0 Å². The van der Waals surface area contributed by atoms with E-state index in [4.69, 9.17) is 0 Å². The summed E-state index contributed by atoms with van der Waals surface area (Å²) in [5.74, 6) is 0. The summed E-state index contributed by atoms with van der Waals surface area (Å²) in [4.78, 5) is 0. The molecule has 64 valence electrons. The van der Waals surface area contributed by atoms with Crippen molar-refractivity contribution in [3.05, 3.63) is 41.5 Å². The van der Waals surface area contributed by atoms with Crippen LogP contribution < -0.4 is 0 Å². The molecule has 1 aromatic carbocycles. The van der Waals surface area contributed by atoms with Gasteiger partial charge in [-0.3, -0.25) is 0 Å². The van der Waals surface area contributed by atoms with Gasteiger partial charge in [0.05, 0.1) is 6.10 Å². The van der Waals surface area contributed by atoms with Gasteiger partial charge in [0.2, 0.25) is 0 Å². The van der Waals surface area contributed by atoms with Crippen molar-refractivity contribution in [2.45, 2.75) is 20.0 Å². The zero-order chi connectivity index (χ0) is 8.97. The Morgan fingerprint density at radius 3 is 2.42 bits per heavy atom. The molecule has 0 fully saturated rings. The van der Waals surface area contributed by atoms with E-state index in [1.807, 2.05) is 43.3 Å². The summed E-state index contributed by atoms with van der Waals surface area (Å²) in [6, 6.07) is 10.00. The normalized spacial score (nSPS) is 14.4. The Bertz CT molecular complexity index is 260. The molecular weight excluding hydrogens is 148 g/mol. The summed E-state index contributed by atoms with van der Waals surface area (Å²) in [6.07, 6.45) is 1.63. The first-order chi connectivity index (χ1) is 5.70. The smallest absolute Gasteiger partial charge is 0.0722 e. The van der Waals surface area contributed by atoms with Crippen LogP contribution in [0.3, 0.4) is 0 Å². The summed E-state index contributed by atoms with van der Waals surface area (Å²) in [7, 11) is 0. The molecule has 1 atom stereocenters. The maximum Gasteiger partial charge on any atom is 0.0722 e. The van der Waals surface area contributed by atoms with E-state index in [0.717, 1.165) is 11.1 Å². The minimum Gasteiger partial charge on any atom is -0.389 e. The van der Waals surface area contributed by atoms with E-state index in [-0.39, 0.29) is 6.10 Å². The number of aliphatic hydroxyl groups excluding tert-OH is 1. The lowest BCUT2D eigenvalue weighted by Gasteiger charge is -2.03. The van der Waals surface area contributed by atoms with Crippen molar-refractivity contribution in [2.24, 2.45) is 0 Å². The average molecular weight is 162 g/mol. The van der Waals surface area contributed by atoms with Crippen molar-refractivity contribution in [2.75, 3.05) is 0 Å². The van der Waals surface area contributed by atoms with Gasteiger partial charge in [0, 0.05) is 0 Å². The van der Waals surface area contributed by atoms with Crippen LogP contribution in [0.2, 0.25) is 0 Å². The highest BCUT2D eigenvalue weighted by molar-refractivity contribution is 5.52. The Morgan fingerprint density at radius 1 is 1.33 bits per heavy atom. The molecule has 1 aromatic rings. The van der Waals surface area contributed by atoms with Crippen LogP contribution in [0.5, 0.6) is 0 Å². The molecule has 0 saturated carbocycles. The van der Waals surface area contributed by atoms with Crippen LogP contribution in [0.15, 0.2) is 35.9 Å². The van der Waals surface area contributed by atoms with Gasteiger partial charge in [0.25, 0.3) is 0 Å². The summed E-state index contributed by atoms with van der Waals surface area (Å²) >= 11 is 0. The fourth-order valence-corrected chi connectivity index (χ4v) is 0.933. The van der Waals surface area contributed by atoms with E-state index in [1.54, 1.807) is 6.92 Å². The van der Waals surface area contributed by atoms with Crippen LogP contribution >= 0.6 is 0 Å². The second-order valence-corrected chi connectivity index (χ2v) is 2.98. The molecule has 1 rings (SSSR count). The molecule has 1 heteroatoms. The van der Waals surface area contributed by atoms with Gasteiger partial charge in [-0.05, 0) is 25.0 Å². The number of rotatable bonds is 2. The molecule has 0 bridgehead atoms. The van der Waals surface area contributed by atoms with Crippen LogP contribution in [0.4, 0.5) is 0 Å². The predicted octanol–water partition coefficient (Wildman–Crippen LogP) is 2.47. The molecule has 0 aromatic heterocycles. The van der Waals surface area contributed by atoms with Gasteiger partial charge >= 0.3 is 0 Å². The van der Waals surface area contributed by atoms with Crippen LogP contribution in [0, 0.1) is 0 Å². The Hall–Kier alpha value is -1.08. The van der Waals surface area contributed by atoms with Gasteiger partial charge in [-0.1, -0.05) is 36.4 Å². The minimum absolute atomic E-state index is 0.356. The fourth-order valence-electron chi connectivity index (χ4n) is 0.933. The quantitative estimate of drug-likeness (QED) is 0.708. The summed E-state index contributed by atoms with van der Waals surface area (Å²) in [6.45, 7) is 3.70. The van der Waals surface area contributed by atoms with Crippen LogP contribution in [-0.4, -0.2) is 11.2 Å². The first kappa shape index (κ1) is 9.01. The van der Waals surface area contributed by atoms with Crippen LogP contribution in [0.25, 0.3) is 6.08 Å². The summed E-state index contributed by atoms with van der Waals surface area (Å²) in [5.41, 5.74) is 2.12. The Labute approximate surface area is 73.4 Å². The lowest BCUT2D eigenvalue weighted by molar-refractivity contribution is 0.232. The second-order valence-electron chi connectivity index (χ2n) is 2.98. The Morgan fingerprint density at radius 2 is 1.92 bits per heavy atom. The van der Waals surface area contributed by atoms with Crippen molar-refractivity contribution >= 4 is 6.08 Å². The molecule has 0 aliphatic heterocycles. The zero-order valence-electron chi connectivity index (χ0n) is 7.49. The van der Waals surface area contributed by atoms with Crippen molar-refractivity contribution in [1.29, 1.82) is 0 Å². The molecular formula is C11H14O. The van der Waals surface area contributed by atoms with Gasteiger partial charge in [0.1, 0.15) is 0 Å². The number of aliphatic hydroxyl groups is 1. The van der Waals surface area contributed by atoms with E-state index in [1.165, 1.54) is 0 Å². The van der Waals surface area contributed by atoms with Crippen LogP contribution in [-0.2, 0) is 0 Å². The predicted molar refractivity (Wildman–Crippen MR) is 51.8 cm³/mol. The molecule has 0 aliphatic rings. The van der Waals surface area contributed by atoms with Crippen molar-refractivity contribution in [3.8, 4) is 0 Å². The molecule has 0 amide bonds. The molecule has 12 heavy (non-hydrogen) atoms. The average Bonchev–Trinajstić information content (AvgIpc) is 2.06. The molecule has 0 radical (unpaired) electrons. The van der Waals surface area contributed by atoms with Crippen molar-refractivity contribution in [3.63, 3.8) is 0 Å². The number of benzene rings is 1.